The number of thiazole rings is 1. The van der Waals surface area contributed by atoms with Crippen molar-refractivity contribution in [1.29, 1.82) is 0 Å². The molecule has 0 aliphatic rings. The Bertz CT molecular complexity index is 751. The molecule has 8 heteroatoms. The summed E-state index contributed by atoms with van der Waals surface area (Å²) in [6, 6.07) is 6.71. The van der Waals surface area contributed by atoms with E-state index in [4.69, 9.17) is 11.6 Å². The Morgan fingerprint density at radius 2 is 2.14 bits per heavy atom. The van der Waals surface area contributed by atoms with Gasteiger partial charge in [-0.2, -0.15) is 0 Å². The molecule has 0 saturated carbocycles. The fourth-order valence-corrected chi connectivity index (χ4v) is 2.84. The smallest absolute Gasteiger partial charge is 0.319 e. The molecule has 3 rings (SSSR count). The van der Waals surface area contributed by atoms with E-state index >= 15 is 0 Å². The van der Waals surface area contributed by atoms with Crippen LogP contribution in [0.15, 0.2) is 36.0 Å². The molecule has 0 spiro atoms. The van der Waals surface area contributed by atoms with Crippen molar-refractivity contribution < 1.29 is 4.79 Å². The SMILES string of the molecule is O=C(NCCc1csc2nncn12)Nc1ccc(Cl)cc1. The Kier molecular flexibility index (Phi) is 4.03. The first-order valence-electron chi connectivity index (χ1n) is 6.29. The molecule has 0 unspecified atom stereocenters. The van der Waals surface area contributed by atoms with Gasteiger partial charge in [0.15, 0.2) is 0 Å². The molecule has 108 valence electrons. The quantitative estimate of drug-likeness (QED) is 0.776. The van der Waals surface area contributed by atoms with Gasteiger partial charge in [0.25, 0.3) is 0 Å². The van der Waals surface area contributed by atoms with Crippen molar-refractivity contribution in [2.75, 3.05) is 11.9 Å². The van der Waals surface area contributed by atoms with Gasteiger partial charge in [-0.15, -0.1) is 21.5 Å². The molecular weight excluding hydrogens is 310 g/mol. The minimum Gasteiger partial charge on any atom is -0.337 e. The van der Waals surface area contributed by atoms with E-state index in [9.17, 15) is 4.79 Å². The minimum atomic E-state index is -0.243. The lowest BCUT2D eigenvalue weighted by Gasteiger charge is -2.07. The Morgan fingerprint density at radius 3 is 2.95 bits per heavy atom. The van der Waals surface area contributed by atoms with Gasteiger partial charge in [-0.05, 0) is 24.3 Å². The number of nitrogens with zero attached hydrogens (tertiary/aromatic N) is 3. The number of fused-ring (bicyclic) bond motifs is 1. The van der Waals surface area contributed by atoms with Gasteiger partial charge >= 0.3 is 6.03 Å². The van der Waals surface area contributed by atoms with Crippen molar-refractivity contribution in [3.05, 3.63) is 46.7 Å². The van der Waals surface area contributed by atoms with E-state index < -0.39 is 0 Å². The van der Waals surface area contributed by atoms with Crippen LogP contribution in [-0.4, -0.2) is 27.2 Å². The van der Waals surface area contributed by atoms with Gasteiger partial charge in [-0.25, -0.2) is 4.79 Å². The van der Waals surface area contributed by atoms with Crippen LogP contribution in [0.25, 0.3) is 4.96 Å². The van der Waals surface area contributed by atoms with Crippen LogP contribution in [-0.2, 0) is 6.42 Å². The fraction of sp³-hybridized carbons (Fsp3) is 0.154. The van der Waals surface area contributed by atoms with Crippen molar-refractivity contribution in [3.63, 3.8) is 0 Å². The predicted octanol–water partition coefficient (Wildman–Crippen LogP) is 2.81. The molecule has 2 amide bonds. The van der Waals surface area contributed by atoms with Crippen molar-refractivity contribution >= 4 is 39.6 Å². The summed E-state index contributed by atoms with van der Waals surface area (Å²) >= 11 is 7.32. The lowest BCUT2D eigenvalue weighted by Crippen LogP contribution is -2.30. The molecule has 0 bridgehead atoms. The third-order valence-electron chi connectivity index (χ3n) is 2.90. The highest BCUT2D eigenvalue weighted by atomic mass is 35.5. The molecule has 0 aliphatic carbocycles. The number of halogens is 1. The summed E-state index contributed by atoms with van der Waals surface area (Å²) in [6.45, 7) is 0.531. The highest BCUT2D eigenvalue weighted by Crippen LogP contribution is 2.14. The summed E-state index contributed by atoms with van der Waals surface area (Å²) in [5, 5.41) is 16.0. The zero-order valence-corrected chi connectivity index (χ0v) is 12.5. The fourth-order valence-electron chi connectivity index (χ4n) is 1.87. The molecule has 0 saturated heterocycles. The number of carbonyl (C=O) groups excluding carboxylic acids is 1. The third-order valence-corrected chi connectivity index (χ3v) is 4.03. The number of nitrogens with one attached hydrogen (secondary N) is 2. The van der Waals surface area contributed by atoms with Crippen LogP contribution >= 0.6 is 22.9 Å². The second-order valence-corrected chi connectivity index (χ2v) is 5.62. The highest BCUT2D eigenvalue weighted by molar-refractivity contribution is 7.15. The number of benzene rings is 1. The molecule has 21 heavy (non-hydrogen) atoms. The minimum absolute atomic E-state index is 0.243. The average molecular weight is 322 g/mol. The normalized spacial score (nSPS) is 10.7. The Balaban J connectivity index is 1.50. The van der Waals surface area contributed by atoms with Crippen LogP contribution in [0.4, 0.5) is 10.5 Å². The van der Waals surface area contributed by atoms with Crippen LogP contribution in [0.5, 0.6) is 0 Å². The lowest BCUT2D eigenvalue weighted by molar-refractivity contribution is 0.252. The van der Waals surface area contributed by atoms with E-state index in [1.165, 1.54) is 11.3 Å². The standard InChI is InChI=1S/C13H12ClN5OS/c14-9-1-3-10(4-2-9)17-12(20)15-6-5-11-7-21-13-18-16-8-19(11)13/h1-4,7-8H,5-6H2,(H2,15,17,20). The number of rotatable bonds is 4. The van der Waals surface area contributed by atoms with Crippen LogP contribution in [0.1, 0.15) is 5.69 Å². The number of urea groups is 1. The van der Waals surface area contributed by atoms with Crippen LogP contribution in [0.2, 0.25) is 5.02 Å². The summed E-state index contributed by atoms with van der Waals surface area (Å²) in [4.78, 5) is 12.6. The van der Waals surface area contributed by atoms with Gasteiger partial charge in [0.2, 0.25) is 4.96 Å². The second kappa shape index (κ2) is 6.11. The summed E-state index contributed by atoms with van der Waals surface area (Å²) in [6.07, 6.45) is 2.39. The largest absolute Gasteiger partial charge is 0.337 e. The van der Waals surface area contributed by atoms with E-state index in [-0.39, 0.29) is 6.03 Å². The number of anilines is 1. The molecule has 6 nitrogen and oxygen atoms in total. The summed E-state index contributed by atoms with van der Waals surface area (Å²) in [5.41, 5.74) is 1.78. The van der Waals surface area contributed by atoms with E-state index in [0.29, 0.717) is 23.7 Å². The van der Waals surface area contributed by atoms with Crippen LogP contribution < -0.4 is 10.6 Å². The zero-order valence-electron chi connectivity index (χ0n) is 10.9. The Hall–Kier alpha value is -2.12. The van der Waals surface area contributed by atoms with Gasteiger partial charge in [0.1, 0.15) is 6.33 Å². The van der Waals surface area contributed by atoms with Crippen molar-refractivity contribution in [1.82, 2.24) is 19.9 Å². The van der Waals surface area contributed by atoms with E-state index in [1.54, 1.807) is 30.6 Å². The molecule has 2 heterocycles. The van der Waals surface area contributed by atoms with Crippen molar-refractivity contribution in [2.24, 2.45) is 0 Å². The van der Waals surface area contributed by atoms with Crippen molar-refractivity contribution in [2.45, 2.75) is 6.42 Å². The van der Waals surface area contributed by atoms with Crippen LogP contribution in [0, 0.1) is 0 Å². The number of amides is 2. The third kappa shape index (κ3) is 3.32. The zero-order chi connectivity index (χ0) is 14.7. The van der Waals surface area contributed by atoms with Gasteiger partial charge in [0, 0.05) is 34.7 Å². The second-order valence-electron chi connectivity index (χ2n) is 4.35. The van der Waals surface area contributed by atoms with Gasteiger partial charge < -0.3 is 10.6 Å². The highest BCUT2D eigenvalue weighted by Gasteiger charge is 2.06. The summed E-state index contributed by atoms with van der Waals surface area (Å²) < 4.78 is 1.92. The van der Waals surface area contributed by atoms with E-state index in [1.807, 2.05) is 9.78 Å². The molecule has 0 radical (unpaired) electrons. The molecule has 3 aromatic rings. The number of hydrogen-bond acceptors (Lipinski definition) is 4. The molecule has 1 aromatic carbocycles. The number of carbonyl (C=O) groups is 1. The number of hydrogen-bond donors (Lipinski definition) is 2. The average Bonchev–Trinajstić information content (AvgIpc) is 3.06. The molecule has 2 aromatic heterocycles. The lowest BCUT2D eigenvalue weighted by atomic mass is 10.3. The van der Waals surface area contributed by atoms with E-state index in [2.05, 4.69) is 20.8 Å². The number of aromatic nitrogens is 3. The molecule has 0 fully saturated rings. The topological polar surface area (TPSA) is 71.3 Å². The molecule has 2 N–H and O–H groups in total. The molecular formula is C13H12ClN5OS. The van der Waals surface area contributed by atoms with Gasteiger partial charge in [0.05, 0.1) is 0 Å². The summed E-state index contributed by atoms with van der Waals surface area (Å²) in [7, 11) is 0. The Labute approximate surface area is 129 Å². The first-order chi connectivity index (χ1) is 10.2. The monoisotopic (exact) mass is 321 g/mol. The van der Waals surface area contributed by atoms with Gasteiger partial charge in [-0.1, -0.05) is 11.6 Å². The maximum atomic E-state index is 11.8. The Morgan fingerprint density at radius 1 is 1.33 bits per heavy atom. The van der Waals surface area contributed by atoms with Gasteiger partial charge in [-0.3, -0.25) is 4.40 Å². The maximum absolute atomic E-state index is 11.8. The van der Waals surface area contributed by atoms with Crippen molar-refractivity contribution in [3.8, 4) is 0 Å². The molecule has 0 aliphatic heterocycles. The molecule has 0 atom stereocenters. The van der Waals surface area contributed by atoms with Crippen LogP contribution in [0.3, 0.4) is 0 Å². The first kappa shape index (κ1) is 13.8. The summed E-state index contributed by atoms with van der Waals surface area (Å²) in [5.74, 6) is 0. The predicted molar refractivity (Wildman–Crippen MR) is 83.0 cm³/mol. The maximum Gasteiger partial charge on any atom is 0.319 e. The first-order valence-corrected chi connectivity index (χ1v) is 7.54. The van der Waals surface area contributed by atoms with E-state index in [0.717, 1.165) is 10.7 Å².